The Morgan fingerprint density at radius 3 is 1.06 bits per heavy atom. The van der Waals surface area contributed by atoms with E-state index in [9.17, 15) is 19.2 Å². The third kappa shape index (κ3) is 16.9. The second kappa shape index (κ2) is 19.4. The molecule has 0 aromatic carbocycles. The molecule has 8 nitrogen and oxygen atoms in total. The minimum Gasteiger partial charge on any atom is -0.465 e. The summed E-state index contributed by atoms with van der Waals surface area (Å²) in [5.41, 5.74) is -1.25. The number of hydrogen-bond donors (Lipinski definition) is 1. The zero-order valence-corrected chi connectivity index (χ0v) is 25.7. The van der Waals surface area contributed by atoms with E-state index >= 15 is 0 Å². The van der Waals surface area contributed by atoms with Crippen LogP contribution in [0.15, 0.2) is 0 Å². The minimum atomic E-state index is -1.25. The van der Waals surface area contributed by atoms with Gasteiger partial charge in [0.2, 0.25) is 0 Å². The van der Waals surface area contributed by atoms with Crippen molar-refractivity contribution in [3.63, 3.8) is 0 Å². The fourth-order valence-corrected chi connectivity index (χ4v) is 3.67. The van der Waals surface area contributed by atoms with E-state index in [-0.39, 0.29) is 73.1 Å². The smallest absolute Gasteiger partial charge is 0.306 e. The van der Waals surface area contributed by atoms with E-state index < -0.39 is 29.3 Å². The molecule has 210 valence electrons. The summed E-state index contributed by atoms with van der Waals surface area (Å²) in [4.78, 5) is 49.5. The first kappa shape index (κ1) is 35.3. The van der Waals surface area contributed by atoms with Crippen molar-refractivity contribution in [3.05, 3.63) is 0 Å². The predicted molar refractivity (Wildman–Crippen MR) is 152 cm³/mol. The maximum absolute atomic E-state index is 12.4. The Kier molecular flexibility index (Phi) is 19.0. The Labute approximate surface area is 234 Å². The molecule has 36 heavy (non-hydrogen) atoms. The van der Waals surface area contributed by atoms with Crippen LogP contribution in [-0.2, 0) is 38.1 Å². The normalized spacial score (nSPS) is 16.1. The first-order chi connectivity index (χ1) is 16.9. The molecular formula is C24H42O8S4. The lowest BCUT2D eigenvalue weighted by atomic mass is 9.92. The molecule has 0 heterocycles. The highest BCUT2D eigenvalue weighted by atomic mass is 32.2. The predicted octanol–water partition coefficient (Wildman–Crippen LogP) is 4.28. The average molecular weight is 587 g/mol. The Bertz CT molecular complexity index is 620. The topological polar surface area (TPSA) is 105 Å². The van der Waals surface area contributed by atoms with Gasteiger partial charge in [-0.3, -0.25) is 19.2 Å². The number of carbonyl (C=O) groups excluding carboxylic acids is 4. The van der Waals surface area contributed by atoms with Gasteiger partial charge >= 0.3 is 23.9 Å². The lowest BCUT2D eigenvalue weighted by Crippen LogP contribution is -2.44. The summed E-state index contributed by atoms with van der Waals surface area (Å²) in [5, 5.41) is -0.0514. The zero-order valence-electron chi connectivity index (χ0n) is 22.4. The van der Waals surface area contributed by atoms with Crippen LogP contribution < -0.4 is 0 Å². The summed E-state index contributed by atoms with van der Waals surface area (Å²) in [6.07, 6.45) is 6.32. The van der Waals surface area contributed by atoms with Gasteiger partial charge in [-0.15, -0.1) is 0 Å². The number of rotatable bonds is 19. The number of thioether (sulfide) groups is 3. The van der Waals surface area contributed by atoms with Gasteiger partial charge in [0, 0.05) is 21.0 Å². The molecule has 0 fully saturated rings. The Morgan fingerprint density at radius 2 is 0.833 bits per heavy atom. The molecule has 0 amide bonds. The SMILES string of the molecule is CSC(C)CC(=O)OCC(COC(=O)CC(C)S)(COC(=O)CC(C)SC)COC(=O)CC(C)SC. The number of ether oxygens (including phenoxy) is 4. The van der Waals surface area contributed by atoms with E-state index in [0.29, 0.717) is 0 Å². The van der Waals surface area contributed by atoms with E-state index in [1.807, 2.05) is 39.5 Å². The summed E-state index contributed by atoms with van der Waals surface area (Å²) in [6, 6.07) is 0. The van der Waals surface area contributed by atoms with Crippen LogP contribution in [0, 0.1) is 5.41 Å². The van der Waals surface area contributed by atoms with Crippen molar-refractivity contribution in [1.29, 1.82) is 0 Å². The van der Waals surface area contributed by atoms with E-state index in [2.05, 4.69) is 12.6 Å². The van der Waals surface area contributed by atoms with Crippen molar-refractivity contribution in [2.75, 3.05) is 45.2 Å². The van der Waals surface area contributed by atoms with Gasteiger partial charge in [0.25, 0.3) is 0 Å². The summed E-state index contributed by atoms with van der Waals surface area (Å²) >= 11 is 8.81. The molecule has 0 radical (unpaired) electrons. The monoisotopic (exact) mass is 586 g/mol. The van der Waals surface area contributed by atoms with E-state index in [1.54, 1.807) is 6.92 Å². The fourth-order valence-electron chi connectivity index (χ4n) is 2.62. The molecule has 12 heteroatoms. The maximum Gasteiger partial charge on any atom is 0.306 e. The van der Waals surface area contributed by atoms with Crippen molar-refractivity contribution in [3.8, 4) is 0 Å². The van der Waals surface area contributed by atoms with Gasteiger partial charge < -0.3 is 18.9 Å². The lowest BCUT2D eigenvalue weighted by molar-refractivity contribution is -0.170. The number of carbonyl (C=O) groups is 4. The third-order valence-electron chi connectivity index (χ3n) is 5.19. The standard InChI is InChI=1S/C24H42O8S4/c1-16(33)8-20(25)29-12-24(13-30-21(26)9-17(2)34-5,14-31-22(27)10-18(3)35-6)15-32-23(28)11-19(4)36-7/h16-19,33H,8-15H2,1-7H3. The first-order valence-corrected chi connectivity index (χ1v) is 16.1. The number of hydrogen-bond acceptors (Lipinski definition) is 12. The highest BCUT2D eigenvalue weighted by Gasteiger charge is 2.38. The van der Waals surface area contributed by atoms with Gasteiger partial charge in [-0.2, -0.15) is 47.9 Å². The Hall–Kier alpha value is -0.720. The molecule has 0 aromatic heterocycles. The van der Waals surface area contributed by atoms with Crippen LogP contribution in [-0.4, -0.2) is 90.1 Å². The molecule has 4 atom stereocenters. The van der Waals surface area contributed by atoms with E-state index in [0.717, 1.165) is 0 Å². The van der Waals surface area contributed by atoms with Crippen LogP contribution in [0.4, 0.5) is 0 Å². The van der Waals surface area contributed by atoms with Gasteiger partial charge in [0.1, 0.15) is 31.8 Å². The van der Waals surface area contributed by atoms with Gasteiger partial charge in [-0.05, 0) is 18.8 Å². The molecule has 0 saturated heterocycles. The summed E-state index contributed by atoms with van der Waals surface area (Å²) in [6.45, 7) is 6.49. The molecule has 0 aliphatic heterocycles. The largest absolute Gasteiger partial charge is 0.465 e. The second-order valence-corrected chi connectivity index (χ2v) is 13.7. The van der Waals surface area contributed by atoms with Gasteiger partial charge in [-0.1, -0.05) is 27.7 Å². The van der Waals surface area contributed by atoms with Crippen LogP contribution >= 0.6 is 47.9 Å². The summed E-state index contributed by atoms with van der Waals surface area (Å²) < 4.78 is 22.0. The average Bonchev–Trinajstić information content (AvgIpc) is 2.82. The van der Waals surface area contributed by atoms with E-state index in [1.165, 1.54) is 35.3 Å². The maximum atomic E-state index is 12.4. The first-order valence-electron chi connectivity index (χ1n) is 11.7. The van der Waals surface area contributed by atoms with Crippen molar-refractivity contribution in [1.82, 2.24) is 0 Å². The molecule has 0 rings (SSSR count). The van der Waals surface area contributed by atoms with Gasteiger partial charge in [0.05, 0.1) is 25.7 Å². The number of esters is 4. The Morgan fingerprint density at radius 1 is 0.583 bits per heavy atom. The van der Waals surface area contributed by atoms with Gasteiger partial charge in [0.15, 0.2) is 0 Å². The van der Waals surface area contributed by atoms with Crippen molar-refractivity contribution in [2.24, 2.45) is 5.41 Å². The highest BCUT2D eigenvalue weighted by Crippen LogP contribution is 2.24. The highest BCUT2D eigenvalue weighted by molar-refractivity contribution is 7.99. The Balaban J connectivity index is 5.70. The van der Waals surface area contributed by atoms with Crippen molar-refractivity contribution in [2.45, 2.75) is 74.4 Å². The van der Waals surface area contributed by atoms with Crippen LogP contribution in [0.3, 0.4) is 0 Å². The molecule has 4 unspecified atom stereocenters. The lowest BCUT2D eigenvalue weighted by Gasteiger charge is -2.32. The zero-order chi connectivity index (χ0) is 27.7. The minimum absolute atomic E-state index is 0.0540. The fraction of sp³-hybridized carbons (Fsp3) is 0.833. The molecular weight excluding hydrogens is 545 g/mol. The van der Waals surface area contributed by atoms with Gasteiger partial charge in [-0.25, -0.2) is 0 Å². The number of thiol groups is 1. The molecule has 0 N–H and O–H groups in total. The summed E-state index contributed by atoms with van der Waals surface area (Å²) in [5.74, 6) is -1.84. The molecule has 0 spiro atoms. The molecule has 0 bridgehead atoms. The van der Waals surface area contributed by atoms with E-state index in [4.69, 9.17) is 18.9 Å². The molecule has 0 aromatic rings. The second-order valence-electron chi connectivity index (χ2n) is 8.95. The third-order valence-corrected chi connectivity index (χ3v) is 8.29. The van der Waals surface area contributed by atoms with Crippen LogP contribution in [0.25, 0.3) is 0 Å². The van der Waals surface area contributed by atoms with Crippen LogP contribution in [0.1, 0.15) is 53.4 Å². The molecule has 0 aliphatic rings. The van der Waals surface area contributed by atoms with Crippen molar-refractivity contribution >= 4 is 71.8 Å². The van der Waals surface area contributed by atoms with Crippen molar-refractivity contribution < 1.29 is 38.1 Å². The van der Waals surface area contributed by atoms with Crippen LogP contribution in [0.2, 0.25) is 0 Å². The summed E-state index contributed by atoms with van der Waals surface area (Å²) in [7, 11) is 0. The quantitative estimate of drug-likeness (QED) is 0.133. The molecule has 0 saturated carbocycles. The molecule has 0 aliphatic carbocycles. The van der Waals surface area contributed by atoms with Crippen LogP contribution in [0.5, 0.6) is 0 Å².